The molecule has 1 nitrogen and oxygen atoms in total. The van der Waals surface area contributed by atoms with Crippen LogP contribution in [0.15, 0.2) is 6.07 Å². The third-order valence-electron chi connectivity index (χ3n) is 3.61. The fourth-order valence-electron chi connectivity index (χ4n) is 2.58. The molecule has 4 heteroatoms. The maximum absolute atomic E-state index is 6.16. The Hall–Kier alpha value is 0.240. The van der Waals surface area contributed by atoms with E-state index in [-0.39, 0.29) is 0 Å². The lowest BCUT2D eigenvalue weighted by atomic mass is 9.58. The highest BCUT2D eigenvalue weighted by atomic mass is 35.5. The van der Waals surface area contributed by atoms with E-state index in [2.05, 4.69) is 5.32 Å². The summed E-state index contributed by atoms with van der Waals surface area (Å²) >= 11 is 13.6. The molecule has 1 aromatic heterocycles. The molecule has 1 spiro atoms. The van der Waals surface area contributed by atoms with Gasteiger partial charge in [-0.25, -0.2) is 0 Å². The van der Waals surface area contributed by atoms with Crippen LogP contribution in [0, 0.1) is 5.41 Å². The summed E-state index contributed by atoms with van der Waals surface area (Å²) in [7, 11) is 0. The van der Waals surface area contributed by atoms with E-state index in [0.717, 1.165) is 15.2 Å². The second-order valence-electron chi connectivity index (χ2n) is 4.31. The van der Waals surface area contributed by atoms with Crippen LogP contribution in [0.2, 0.25) is 8.67 Å². The molecular formula is C10H11Cl2NS. The van der Waals surface area contributed by atoms with Crippen molar-refractivity contribution in [2.75, 3.05) is 6.54 Å². The van der Waals surface area contributed by atoms with Crippen molar-refractivity contribution in [1.29, 1.82) is 0 Å². The topological polar surface area (TPSA) is 12.0 Å². The highest BCUT2D eigenvalue weighted by Gasteiger charge is 2.51. The fourth-order valence-corrected chi connectivity index (χ4v) is 4.11. The highest BCUT2D eigenvalue weighted by molar-refractivity contribution is 7.20. The van der Waals surface area contributed by atoms with Crippen LogP contribution in [0.1, 0.15) is 30.9 Å². The van der Waals surface area contributed by atoms with Crippen LogP contribution in [0.4, 0.5) is 0 Å². The molecule has 0 radical (unpaired) electrons. The number of hydrogen-bond acceptors (Lipinski definition) is 2. The molecule has 14 heavy (non-hydrogen) atoms. The molecule has 1 saturated heterocycles. The molecule has 2 aliphatic rings. The molecule has 1 atom stereocenters. The van der Waals surface area contributed by atoms with Crippen LogP contribution in [-0.2, 0) is 0 Å². The van der Waals surface area contributed by atoms with Gasteiger partial charge in [-0.3, -0.25) is 0 Å². The molecule has 0 bridgehead atoms. The summed E-state index contributed by atoms with van der Waals surface area (Å²) in [4.78, 5) is 0. The predicted octanol–water partition coefficient (Wildman–Crippen LogP) is 3.87. The van der Waals surface area contributed by atoms with E-state index in [0.29, 0.717) is 11.5 Å². The summed E-state index contributed by atoms with van der Waals surface area (Å²) in [6.07, 6.45) is 4.05. The van der Waals surface area contributed by atoms with Gasteiger partial charge in [0.05, 0.1) is 8.67 Å². The Morgan fingerprint density at radius 1 is 1.43 bits per heavy atom. The van der Waals surface area contributed by atoms with E-state index in [1.807, 2.05) is 6.07 Å². The monoisotopic (exact) mass is 247 g/mol. The molecule has 0 amide bonds. The Bertz CT molecular complexity index is 365. The average Bonchev–Trinajstić information content (AvgIpc) is 2.25. The Kier molecular flexibility index (Phi) is 2.11. The number of nitrogens with one attached hydrogen (secondary N) is 1. The molecular weight excluding hydrogens is 237 g/mol. The summed E-state index contributed by atoms with van der Waals surface area (Å²) in [5.41, 5.74) is 1.74. The molecule has 1 aromatic rings. The summed E-state index contributed by atoms with van der Waals surface area (Å²) in [6.45, 7) is 1.15. The van der Waals surface area contributed by atoms with Crippen molar-refractivity contribution < 1.29 is 0 Å². The van der Waals surface area contributed by atoms with Crippen molar-refractivity contribution in [3.63, 3.8) is 0 Å². The number of rotatable bonds is 1. The normalized spacial score (nSPS) is 28.6. The SMILES string of the molecule is Clc1cc(C2NCC23CCC3)c(Cl)s1. The van der Waals surface area contributed by atoms with Crippen molar-refractivity contribution in [2.24, 2.45) is 5.41 Å². The summed E-state index contributed by atoms with van der Waals surface area (Å²) in [6, 6.07) is 2.48. The molecule has 1 aliphatic heterocycles. The third-order valence-corrected chi connectivity index (χ3v) is 5.13. The average molecular weight is 248 g/mol. The Morgan fingerprint density at radius 2 is 2.21 bits per heavy atom. The Balaban J connectivity index is 1.92. The van der Waals surface area contributed by atoms with Crippen LogP contribution in [0.25, 0.3) is 0 Å². The van der Waals surface area contributed by atoms with E-state index in [1.54, 1.807) is 0 Å². The standard InChI is InChI=1S/C10H11Cl2NS/c11-7-4-6(9(12)14-7)8-10(5-13-8)2-1-3-10/h4,8,13H,1-3,5H2. The smallest absolute Gasteiger partial charge is 0.0992 e. The van der Waals surface area contributed by atoms with Gasteiger partial charge in [-0.05, 0) is 18.9 Å². The van der Waals surface area contributed by atoms with E-state index in [1.165, 1.54) is 36.2 Å². The molecule has 76 valence electrons. The highest BCUT2D eigenvalue weighted by Crippen LogP contribution is 2.57. The molecule has 0 aromatic carbocycles. The lowest BCUT2D eigenvalue weighted by Crippen LogP contribution is -2.59. The van der Waals surface area contributed by atoms with Crippen molar-refractivity contribution >= 4 is 34.5 Å². The second kappa shape index (κ2) is 3.11. The van der Waals surface area contributed by atoms with Gasteiger partial charge in [0, 0.05) is 23.6 Å². The van der Waals surface area contributed by atoms with Crippen molar-refractivity contribution in [3.8, 4) is 0 Å². The zero-order valence-electron chi connectivity index (χ0n) is 7.65. The minimum Gasteiger partial charge on any atom is -0.309 e. The van der Waals surface area contributed by atoms with Gasteiger partial charge in [0.15, 0.2) is 0 Å². The van der Waals surface area contributed by atoms with Gasteiger partial charge in [0.25, 0.3) is 0 Å². The largest absolute Gasteiger partial charge is 0.309 e. The Morgan fingerprint density at radius 3 is 2.57 bits per heavy atom. The van der Waals surface area contributed by atoms with Gasteiger partial charge in [-0.15, -0.1) is 11.3 Å². The molecule has 1 N–H and O–H groups in total. The molecule has 3 rings (SSSR count). The maximum Gasteiger partial charge on any atom is 0.0992 e. The van der Waals surface area contributed by atoms with Crippen molar-refractivity contribution in [2.45, 2.75) is 25.3 Å². The fraction of sp³-hybridized carbons (Fsp3) is 0.600. The first-order valence-electron chi connectivity index (χ1n) is 4.89. The van der Waals surface area contributed by atoms with Crippen LogP contribution >= 0.6 is 34.5 Å². The zero-order chi connectivity index (χ0) is 9.76. The van der Waals surface area contributed by atoms with Gasteiger partial charge in [0.1, 0.15) is 0 Å². The van der Waals surface area contributed by atoms with Crippen molar-refractivity contribution in [3.05, 3.63) is 20.3 Å². The van der Waals surface area contributed by atoms with E-state index < -0.39 is 0 Å². The Labute approximate surface area is 97.4 Å². The van der Waals surface area contributed by atoms with E-state index >= 15 is 0 Å². The van der Waals surface area contributed by atoms with Gasteiger partial charge >= 0.3 is 0 Å². The van der Waals surface area contributed by atoms with Crippen LogP contribution in [0.3, 0.4) is 0 Å². The lowest BCUT2D eigenvalue weighted by molar-refractivity contribution is -0.00539. The van der Waals surface area contributed by atoms with Crippen LogP contribution in [0.5, 0.6) is 0 Å². The zero-order valence-corrected chi connectivity index (χ0v) is 9.98. The van der Waals surface area contributed by atoms with Crippen LogP contribution in [-0.4, -0.2) is 6.54 Å². The predicted molar refractivity (Wildman–Crippen MR) is 61.4 cm³/mol. The summed E-state index contributed by atoms with van der Waals surface area (Å²) in [5, 5.41) is 3.47. The summed E-state index contributed by atoms with van der Waals surface area (Å²) < 4.78 is 1.66. The first kappa shape index (κ1) is 9.46. The minimum atomic E-state index is 0.465. The third kappa shape index (κ3) is 1.18. The molecule has 2 fully saturated rings. The minimum absolute atomic E-state index is 0.465. The first-order valence-corrected chi connectivity index (χ1v) is 6.47. The number of thiophene rings is 1. The van der Waals surface area contributed by atoms with Gasteiger partial charge in [-0.2, -0.15) is 0 Å². The van der Waals surface area contributed by atoms with Gasteiger partial charge in [-0.1, -0.05) is 29.6 Å². The van der Waals surface area contributed by atoms with Crippen molar-refractivity contribution in [1.82, 2.24) is 5.32 Å². The second-order valence-corrected chi connectivity index (χ2v) is 6.59. The van der Waals surface area contributed by atoms with Gasteiger partial charge in [0.2, 0.25) is 0 Å². The lowest BCUT2D eigenvalue weighted by Gasteiger charge is -2.56. The molecule has 1 unspecified atom stereocenters. The van der Waals surface area contributed by atoms with E-state index in [9.17, 15) is 0 Å². The quantitative estimate of drug-likeness (QED) is 0.795. The van der Waals surface area contributed by atoms with Gasteiger partial charge < -0.3 is 5.32 Å². The summed E-state index contributed by atoms with van der Waals surface area (Å²) in [5.74, 6) is 0. The van der Waals surface area contributed by atoms with E-state index in [4.69, 9.17) is 23.2 Å². The first-order chi connectivity index (χ1) is 6.71. The maximum atomic E-state index is 6.16. The number of halogens is 2. The molecule has 2 heterocycles. The molecule has 1 aliphatic carbocycles. The molecule has 1 saturated carbocycles. The van der Waals surface area contributed by atoms with Crippen LogP contribution < -0.4 is 5.32 Å². The number of hydrogen-bond donors (Lipinski definition) is 1.